The smallest absolute Gasteiger partial charge is 0.123 e. The van der Waals surface area contributed by atoms with Crippen molar-refractivity contribution in [1.29, 1.82) is 0 Å². The Morgan fingerprint density at radius 3 is 2.83 bits per heavy atom. The van der Waals surface area contributed by atoms with E-state index < -0.39 is 0 Å². The molecule has 1 aromatic heterocycles. The Labute approximate surface area is 133 Å². The Balaban J connectivity index is 1.37. The van der Waals surface area contributed by atoms with Crippen LogP contribution >= 0.6 is 0 Å². The molecule has 1 saturated carbocycles. The fourth-order valence-electron chi connectivity index (χ4n) is 3.32. The standard InChI is InChI=1S/C19H18F2N2/c20-14-3-1-2-12(6-14)9-22-10-13-7-16(13)18-11-23-19-5-4-15(21)8-17(18)19/h1-6,8,11,13,16,22-23H,7,9-10H2/t13-,16+/m0/s1. The molecule has 0 amide bonds. The number of nitrogens with one attached hydrogen (secondary N) is 2. The fraction of sp³-hybridized carbons (Fsp3) is 0.263. The lowest BCUT2D eigenvalue weighted by Gasteiger charge is -2.05. The van der Waals surface area contributed by atoms with E-state index in [-0.39, 0.29) is 11.6 Å². The van der Waals surface area contributed by atoms with Gasteiger partial charge in [0.25, 0.3) is 0 Å². The minimum Gasteiger partial charge on any atom is -0.361 e. The normalized spacial score (nSPS) is 20.1. The van der Waals surface area contributed by atoms with Crippen LogP contribution in [0.2, 0.25) is 0 Å². The molecule has 23 heavy (non-hydrogen) atoms. The Kier molecular flexibility index (Phi) is 3.62. The van der Waals surface area contributed by atoms with E-state index in [1.54, 1.807) is 24.3 Å². The summed E-state index contributed by atoms with van der Waals surface area (Å²) in [6.07, 6.45) is 3.11. The van der Waals surface area contributed by atoms with E-state index in [9.17, 15) is 8.78 Å². The molecule has 2 atom stereocenters. The molecule has 0 spiro atoms. The topological polar surface area (TPSA) is 27.8 Å². The average molecular weight is 312 g/mol. The summed E-state index contributed by atoms with van der Waals surface area (Å²) < 4.78 is 26.6. The number of hydrogen-bond donors (Lipinski definition) is 2. The van der Waals surface area contributed by atoms with Gasteiger partial charge in [0, 0.05) is 23.6 Å². The van der Waals surface area contributed by atoms with E-state index in [1.807, 2.05) is 12.3 Å². The molecule has 1 aliphatic rings. The van der Waals surface area contributed by atoms with Crippen LogP contribution in [0.1, 0.15) is 23.5 Å². The molecule has 3 aromatic rings. The molecule has 0 unspecified atom stereocenters. The third-order valence-electron chi connectivity index (χ3n) is 4.62. The predicted octanol–water partition coefficient (Wildman–Crippen LogP) is 4.34. The van der Waals surface area contributed by atoms with Gasteiger partial charge >= 0.3 is 0 Å². The third-order valence-corrected chi connectivity index (χ3v) is 4.62. The van der Waals surface area contributed by atoms with E-state index in [0.717, 1.165) is 29.4 Å². The highest BCUT2D eigenvalue weighted by Crippen LogP contribution is 2.49. The zero-order valence-corrected chi connectivity index (χ0v) is 12.7. The molecule has 4 heteroatoms. The molecule has 118 valence electrons. The lowest BCUT2D eigenvalue weighted by Crippen LogP contribution is -2.16. The molecule has 0 aliphatic heterocycles. The highest BCUT2D eigenvalue weighted by Gasteiger charge is 2.39. The van der Waals surface area contributed by atoms with Crippen molar-refractivity contribution in [3.05, 3.63) is 71.4 Å². The first-order valence-electron chi connectivity index (χ1n) is 7.92. The Hall–Kier alpha value is -2.20. The van der Waals surface area contributed by atoms with Gasteiger partial charge in [-0.2, -0.15) is 0 Å². The van der Waals surface area contributed by atoms with E-state index in [2.05, 4.69) is 10.3 Å². The summed E-state index contributed by atoms with van der Waals surface area (Å²) in [4.78, 5) is 3.22. The number of aromatic nitrogens is 1. The number of hydrogen-bond acceptors (Lipinski definition) is 1. The number of fused-ring (bicyclic) bond motifs is 1. The van der Waals surface area contributed by atoms with Crippen LogP contribution < -0.4 is 5.32 Å². The zero-order chi connectivity index (χ0) is 15.8. The second-order valence-corrected chi connectivity index (χ2v) is 6.30. The second kappa shape index (κ2) is 5.78. The van der Waals surface area contributed by atoms with Gasteiger partial charge in [0.15, 0.2) is 0 Å². The lowest BCUT2D eigenvalue weighted by molar-refractivity contribution is 0.609. The quantitative estimate of drug-likeness (QED) is 0.720. The summed E-state index contributed by atoms with van der Waals surface area (Å²) in [5.74, 6) is 0.644. The molecule has 2 N–H and O–H groups in total. The number of halogens is 2. The maximum Gasteiger partial charge on any atom is 0.123 e. The van der Waals surface area contributed by atoms with Crippen LogP contribution in [0.4, 0.5) is 8.78 Å². The van der Waals surface area contributed by atoms with Gasteiger partial charge < -0.3 is 10.3 Å². The largest absolute Gasteiger partial charge is 0.361 e. The third kappa shape index (κ3) is 2.99. The molecular formula is C19H18F2N2. The van der Waals surface area contributed by atoms with Crippen LogP contribution in [0.5, 0.6) is 0 Å². The van der Waals surface area contributed by atoms with Crippen molar-refractivity contribution in [3.8, 4) is 0 Å². The molecule has 4 rings (SSSR count). The Morgan fingerprint density at radius 2 is 1.96 bits per heavy atom. The SMILES string of the molecule is Fc1cccc(CNC[C@@H]2C[C@H]2c2c[nH]c3ccc(F)cc23)c1. The van der Waals surface area contributed by atoms with Crippen LogP contribution in [-0.2, 0) is 6.54 Å². The Bertz CT molecular complexity index is 840. The minimum absolute atomic E-state index is 0.195. The van der Waals surface area contributed by atoms with Crippen molar-refractivity contribution >= 4 is 10.9 Å². The molecule has 2 nitrogen and oxygen atoms in total. The summed E-state index contributed by atoms with van der Waals surface area (Å²) >= 11 is 0. The van der Waals surface area contributed by atoms with Crippen LogP contribution in [0.3, 0.4) is 0 Å². The number of rotatable bonds is 5. The summed E-state index contributed by atoms with van der Waals surface area (Å²) in [7, 11) is 0. The Morgan fingerprint density at radius 1 is 1.09 bits per heavy atom. The molecule has 0 bridgehead atoms. The minimum atomic E-state index is -0.200. The van der Waals surface area contributed by atoms with Crippen molar-refractivity contribution < 1.29 is 8.78 Å². The molecular weight excluding hydrogens is 294 g/mol. The van der Waals surface area contributed by atoms with Crippen molar-refractivity contribution in [2.75, 3.05) is 6.54 Å². The first-order valence-corrected chi connectivity index (χ1v) is 7.92. The zero-order valence-electron chi connectivity index (χ0n) is 12.7. The molecule has 0 saturated heterocycles. The molecule has 1 heterocycles. The van der Waals surface area contributed by atoms with Crippen molar-refractivity contribution in [2.24, 2.45) is 5.92 Å². The van der Waals surface area contributed by atoms with Gasteiger partial charge in [-0.1, -0.05) is 12.1 Å². The number of H-pyrrole nitrogens is 1. The maximum absolute atomic E-state index is 13.4. The highest BCUT2D eigenvalue weighted by atomic mass is 19.1. The van der Waals surface area contributed by atoms with Crippen molar-refractivity contribution in [3.63, 3.8) is 0 Å². The van der Waals surface area contributed by atoms with Gasteiger partial charge in [-0.3, -0.25) is 0 Å². The van der Waals surface area contributed by atoms with Gasteiger partial charge in [0.2, 0.25) is 0 Å². The van der Waals surface area contributed by atoms with Crippen LogP contribution in [0.25, 0.3) is 10.9 Å². The summed E-state index contributed by atoms with van der Waals surface area (Å²) in [5, 5.41) is 4.38. The summed E-state index contributed by atoms with van der Waals surface area (Å²) in [6, 6.07) is 11.5. The van der Waals surface area contributed by atoms with Crippen LogP contribution in [0.15, 0.2) is 48.7 Å². The molecule has 1 fully saturated rings. The number of aromatic amines is 1. The molecule has 2 aromatic carbocycles. The van der Waals surface area contributed by atoms with Crippen LogP contribution in [0, 0.1) is 17.6 Å². The van der Waals surface area contributed by atoms with Crippen molar-refractivity contribution in [2.45, 2.75) is 18.9 Å². The average Bonchev–Trinajstić information content (AvgIpc) is 3.17. The predicted molar refractivity (Wildman–Crippen MR) is 87.2 cm³/mol. The van der Waals surface area contributed by atoms with Gasteiger partial charge in [-0.15, -0.1) is 0 Å². The molecule has 1 aliphatic carbocycles. The van der Waals surface area contributed by atoms with Gasteiger partial charge in [-0.25, -0.2) is 8.78 Å². The monoisotopic (exact) mass is 312 g/mol. The van der Waals surface area contributed by atoms with E-state index in [4.69, 9.17) is 0 Å². The van der Waals surface area contributed by atoms with Gasteiger partial charge in [0.05, 0.1) is 0 Å². The maximum atomic E-state index is 13.4. The summed E-state index contributed by atoms with van der Waals surface area (Å²) in [5.41, 5.74) is 3.15. The first-order chi connectivity index (χ1) is 11.2. The van der Waals surface area contributed by atoms with Gasteiger partial charge in [-0.05, 0) is 66.3 Å². The lowest BCUT2D eigenvalue weighted by atomic mass is 10.1. The number of benzene rings is 2. The van der Waals surface area contributed by atoms with E-state index in [0.29, 0.717) is 18.4 Å². The fourth-order valence-corrected chi connectivity index (χ4v) is 3.32. The first kappa shape index (κ1) is 14.4. The highest BCUT2D eigenvalue weighted by molar-refractivity contribution is 5.84. The molecule has 0 radical (unpaired) electrons. The van der Waals surface area contributed by atoms with Crippen molar-refractivity contribution in [1.82, 2.24) is 10.3 Å². The van der Waals surface area contributed by atoms with E-state index >= 15 is 0 Å². The second-order valence-electron chi connectivity index (χ2n) is 6.30. The summed E-state index contributed by atoms with van der Waals surface area (Å²) in [6.45, 7) is 1.56. The van der Waals surface area contributed by atoms with E-state index in [1.165, 1.54) is 17.7 Å². The van der Waals surface area contributed by atoms with Gasteiger partial charge in [0.1, 0.15) is 11.6 Å². The van der Waals surface area contributed by atoms with Crippen LogP contribution in [-0.4, -0.2) is 11.5 Å².